The van der Waals surface area contributed by atoms with E-state index in [1.54, 1.807) is 12.3 Å². The number of nitrogens with zero attached hydrogens (tertiary/aromatic N) is 2. The Morgan fingerprint density at radius 1 is 1.38 bits per heavy atom. The lowest BCUT2D eigenvalue weighted by molar-refractivity contribution is 0.305. The van der Waals surface area contributed by atoms with Crippen molar-refractivity contribution >= 4 is 5.95 Å². The monoisotopic (exact) mass is 223 g/mol. The van der Waals surface area contributed by atoms with Crippen LogP contribution < -0.4 is 10.1 Å². The maximum Gasteiger partial charge on any atom is 0.226 e. The molecule has 0 fully saturated rings. The van der Waals surface area contributed by atoms with Crippen LogP contribution >= 0.6 is 0 Å². The smallest absolute Gasteiger partial charge is 0.226 e. The van der Waals surface area contributed by atoms with Gasteiger partial charge in [-0.15, -0.1) is 0 Å². The van der Waals surface area contributed by atoms with E-state index in [1.807, 2.05) is 0 Å². The molecule has 0 bridgehead atoms. The molecule has 1 atom stereocenters. The highest BCUT2D eigenvalue weighted by molar-refractivity contribution is 5.28. The molecule has 0 aromatic carbocycles. The number of rotatable bonds is 7. The summed E-state index contributed by atoms with van der Waals surface area (Å²) in [5, 5.41) is 3.26. The fraction of sp³-hybridized carbons (Fsp3) is 0.667. The largest absolute Gasteiger partial charge is 0.478 e. The molecule has 0 aliphatic heterocycles. The minimum atomic E-state index is 0.395. The SMILES string of the molecule is CCCOc1ccnc(NC(C)CCC)n1. The van der Waals surface area contributed by atoms with Crippen LogP contribution in [0.1, 0.15) is 40.0 Å². The zero-order valence-electron chi connectivity index (χ0n) is 10.4. The molecule has 0 amide bonds. The van der Waals surface area contributed by atoms with E-state index in [9.17, 15) is 0 Å². The summed E-state index contributed by atoms with van der Waals surface area (Å²) >= 11 is 0. The van der Waals surface area contributed by atoms with Gasteiger partial charge in [-0.05, 0) is 19.8 Å². The van der Waals surface area contributed by atoms with Gasteiger partial charge in [-0.3, -0.25) is 0 Å². The van der Waals surface area contributed by atoms with Gasteiger partial charge in [0, 0.05) is 18.3 Å². The van der Waals surface area contributed by atoms with Gasteiger partial charge in [-0.25, -0.2) is 4.98 Å². The van der Waals surface area contributed by atoms with Crippen molar-refractivity contribution in [3.8, 4) is 5.88 Å². The molecule has 4 heteroatoms. The van der Waals surface area contributed by atoms with Crippen LogP contribution in [0.4, 0.5) is 5.95 Å². The van der Waals surface area contributed by atoms with E-state index in [0.29, 0.717) is 24.5 Å². The zero-order chi connectivity index (χ0) is 11.8. The summed E-state index contributed by atoms with van der Waals surface area (Å²) in [6, 6.07) is 2.18. The highest BCUT2D eigenvalue weighted by Gasteiger charge is 2.04. The molecule has 0 radical (unpaired) electrons. The van der Waals surface area contributed by atoms with Crippen molar-refractivity contribution < 1.29 is 4.74 Å². The van der Waals surface area contributed by atoms with Crippen LogP contribution in [0.2, 0.25) is 0 Å². The number of nitrogens with one attached hydrogen (secondary N) is 1. The van der Waals surface area contributed by atoms with Gasteiger partial charge in [-0.1, -0.05) is 20.3 Å². The molecule has 1 heterocycles. The Morgan fingerprint density at radius 3 is 2.88 bits per heavy atom. The Balaban J connectivity index is 2.52. The highest BCUT2D eigenvalue weighted by Crippen LogP contribution is 2.10. The van der Waals surface area contributed by atoms with Crippen molar-refractivity contribution in [3.05, 3.63) is 12.3 Å². The molecule has 1 aromatic rings. The predicted octanol–water partition coefficient (Wildman–Crippen LogP) is 2.87. The van der Waals surface area contributed by atoms with Crippen LogP contribution in [-0.2, 0) is 0 Å². The Morgan fingerprint density at radius 2 is 2.19 bits per heavy atom. The van der Waals surface area contributed by atoms with Crippen molar-refractivity contribution in [1.82, 2.24) is 9.97 Å². The fourth-order valence-corrected chi connectivity index (χ4v) is 1.42. The maximum absolute atomic E-state index is 5.45. The van der Waals surface area contributed by atoms with Gasteiger partial charge in [0.05, 0.1) is 6.61 Å². The van der Waals surface area contributed by atoms with E-state index < -0.39 is 0 Å². The number of aromatic nitrogens is 2. The molecule has 1 aromatic heterocycles. The van der Waals surface area contributed by atoms with E-state index in [-0.39, 0.29) is 0 Å². The van der Waals surface area contributed by atoms with Gasteiger partial charge in [0.1, 0.15) is 0 Å². The van der Waals surface area contributed by atoms with E-state index in [4.69, 9.17) is 4.74 Å². The molecule has 0 spiro atoms. The van der Waals surface area contributed by atoms with Crippen molar-refractivity contribution in [2.45, 2.75) is 46.1 Å². The lowest BCUT2D eigenvalue weighted by atomic mass is 10.2. The lowest BCUT2D eigenvalue weighted by Gasteiger charge is -2.12. The molecular formula is C12H21N3O. The minimum Gasteiger partial charge on any atom is -0.478 e. The summed E-state index contributed by atoms with van der Waals surface area (Å²) < 4.78 is 5.45. The summed E-state index contributed by atoms with van der Waals surface area (Å²) in [5.74, 6) is 1.29. The van der Waals surface area contributed by atoms with Crippen LogP contribution in [0, 0.1) is 0 Å². The molecule has 4 nitrogen and oxygen atoms in total. The van der Waals surface area contributed by atoms with Gasteiger partial charge in [0.25, 0.3) is 0 Å². The van der Waals surface area contributed by atoms with Crippen molar-refractivity contribution in [3.63, 3.8) is 0 Å². The number of hydrogen-bond acceptors (Lipinski definition) is 4. The molecule has 0 saturated heterocycles. The highest BCUT2D eigenvalue weighted by atomic mass is 16.5. The van der Waals surface area contributed by atoms with Gasteiger partial charge < -0.3 is 10.1 Å². The normalized spacial score (nSPS) is 12.2. The average molecular weight is 223 g/mol. The van der Waals surface area contributed by atoms with Gasteiger partial charge in [-0.2, -0.15) is 4.98 Å². The quantitative estimate of drug-likeness (QED) is 0.772. The molecule has 1 unspecified atom stereocenters. The van der Waals surface area contributed by atoms with Crippen LogP contribution in [0.5, 0.6) is 5.88 Å². The molecule has 0 saturated carbocycles. The van der Waals surface area contributed by atoms with E-state index in [1.165, 1.54) is 0 Å². The van der Waals surface area contributed by atoms with Gasteiger partial charge in [0.2, 0.25) is 11.8 Å². The number of anilines is 1. The molecule has 0 aliphatic rings. The molecule has 90 valence electrons. The standard InChI is InChI=1S/C12H21N3O/c1-4-6-10(3)14-12-13-8-7-11(15-12)16-9-5-2/h7-8,10H,4-6,9H2,1-3H3,(H,13,14,15). The summed E-state index contributed by atoms with van der Waals surface area (Å²) in [6.45, 7) is 7.07. The predicted molar refractivity (Wildman–Crippen MR) is 65.8 cm³/mol. The first-order valence-corrected chi connectivity index (χ1v) is 5.98. The second kappa shape index (κ2) is 7.04. The first-order chi connectivity index (χ1) is 7.76. The molecule has 16 heavy (non-hydrogen) atoms. The fourth-order valence-electron chi connectivity index (χ4n) is 1.42. The number of ether oxygens (including phenoxy) is 1. The molecule has 1 rings (SSSR count). The van der Waals surface area contributed by atoms with E-state index in [0.717, 1.165) is 19.3 Å². The van der Waals surface area contributed by atoms with Crippen LogP contribution in [0.25, 0.3) is 0 Å². The van der Waals surface area contributed by atoms with Gasteiger partial charge >= 0.3 is 0 Å². The number of hydrogen-bond donors (Lipinski definition) is 1. The van der Waals surface area contributed by atoms with Crippen LogP contribution in [0.3, 0.4) is 0 Å². The van der Waals surface area contributed by atoms with E-state index >= 15 is 0 Å². The van der Waals surface area contributed by atoms with Crippen LogP contribution in [0.15, 0.2) is 12.3 Å². The maximum atomic E-state index is 5.45. The minimum absolute atomic E-state index is 0.395. The third-order valence-electron chi connectivity index (χ3n) is 2.18. The average Bonchev–Trinajstić information content (AvgIpc) is 2.27. The third-order valence-corrected chi connectivity index (χ3v) is 2.18. The Kier molecular flexibility index (Phi) is 5.61. The first kappa shape index (κ1) is 12.7. The molecule has 0 aliphatic carbocycles. The summed E-state index contributed by atoms with van der Waals surface area (Å²) in [6.07, 6.45) is 4.97. The molecule has 1 N–H and O–H groups in total. The summed E-state index contributed by atoms with van der Waals surface area (Å²) in [7, 11) is 0. The molecular weight excluding hydrogens is 202 g/mol. The van der Waals surface area contributed by atoms with Crippen molar-refractivity contribution in [1.29, 1.82) is 0 Å². The Hall–Kier alpha value is -1.32. The Bertz CT molecular complexity index is 304. The van der Waals surface area contributed by atoms with Crippen molar-refractivity contribution in [2.75, 3.05) is 11.9 Å². The second-order valence-electron chi connectivity index (χ2n) is 3.90. The Labute approximate surface area is 97.5 Å². The van der Waals surface area contributed by atoms with Crippen molar-refractivity contribution in [2.24, 2.45) is 0 Å². The zero-order valence-corrected chi connectivity index (χ0v) is 10.4. The third kappa shape index (κ3) is 4.47. The first-order valence-electron chi connectivity index (χ1n) is 5.98. The second-order valence-corrected chi connectivity index (χ2v) is 3.90. The van der Waals surface area contributed by atoms with E-state index in [2.05, 4.69) is 36.1 Å². The lowest BCUT2D eigenvalue weighted by Crippen LogP contribution is -2.16. The summed E-state index contributed by atoms with van der Waals surface area (Å²) in [5.41, 5.74) is 0. The van der Waals surface area contributed by atoms with Crippen LogP contribution in [-0.4, -0.2) is 22.6 Å². The van der Waals surface area contributed by atoms with Gasteiger partial charge in [0.15, 0.2) is 0 Å². The summed E-state index contributed by atoms with van der Waals surface area (Å²) in [4.78, 5) is 8.46. The topological polar surface area (TPSA) is 47.0 Å².